The molecular formula is C20H29N3O. The molecule has 4 saturated carbocycles. The van der Waals surface area contributed by atoms with Gasteiger partial charge in [-0.05, 0) is 92.4 Å². The van der Waals surface area contributed by atoms with Crippen LogP contribution in [0.2, 0.25) is 0 Å². The second-order valence-electron chi connectivity index (χ2n) is 8.47. The van der Waals surface area contributed by atoms with E-state index in [1.54, 1.807) is 13.2 Å². The van der Waals surface area contributed by atoms with Crippen molar-refractivity contribution in [2.75, 3.05) is 20.1 Å². The lowest BCUT2D eigenvalue weighted by atomic mass is 9.49. The van der Waals surface area contributed by atoms with Crippen molar-refractivity contribution in [1.82, 2.24) is 15.6 Å². The summed E-state index contributed by atoms with van der Waals surface area (Å²) in [6.07, 6.45) is 11.6. The maximum atomic E-state index is 11.7. The van der Waals surface area contributed by atoms with E-state index in [2.05, 4.69) is 15.6 Å². The van der Waals surface area contributed by atoms with Crippen molar-refractivity contribution in [2.45, 2.75) is 44.9 Å². The number of pyridine rings is 1. The van der Waals surface area contributed by atoms with Crippen molar-refractivity contribution < 1.29 is 4.79 Å². The Morgan fingerprint density at radius 1 is 1.21 bits per heavy atom. The molecule has 0 unspecified atom stereocenters. The zero-order chi connectivity index (χ0) is 16.6. The van der Waals surface area contributed by atoms with E-state index in [1.165, 1.54) is 50.6 Å². The van der Waals surface area contributed by atoms with Crippen molar-refractivity contribution in [3.63, 3.8) is 0 Å². The minimum atomic E-state index is -0.113. The molecule has 1 aromatic heterocycles. The zero-order valence-corrected chi connectivity index (χ0v) is 14.7. The Morgan fingerprint density at radius 3 is 2.50 bits per heavy atom. The quantitative estimate of drug-likeness (QED) is 0.790. The van der Waals surface area contributed by atoms with Gasteiger partial charge in [0.15, 0.2) is 0 Å². The molecule has 0 spiro atoms. The van der Waals surface area contributed by atoms with Crippen LogP contribution in [0.4, 0.5) is 0 Å². The lowest BCUT2D eigenvalue weighted by Crippen LogP contribution is -2.50. The third-order valence-electron chi connectivity index (χ3n) is 6.54. The van der Waals surface area contributed by atoms with Crippen LogP contribution in [0.1, 0.15) is 54.6 Å². The zero-order valence-electron chi connectivity index (χ0n) is 14.7. The Labute approximate surface area is 144 Å². The van der Waals surface area contributed by atoms with Crippen LogP contribution in [0.3, 0.4) is 0 Å². The number of amides is 1. The second-order valence-corrected chi connectivity index (χ2v) is 8.47. The monoisotopic (exact) mass is 327 g/mol. The molecule has 5 rings (SSSR count). The van der Waals surface area contributed by atoms with Gasteiger partial charge < -0.3 is 10.6 Å². The first-order valence-electron chi connectivity index (χ1n) is 9.53. The molecule has 0 aliphatic heterocycles. The maximum Gasteiger partial charge on any atom is 0.269 e. The highest BCUT2D eigenvalue weighted by Gasteiger charge is 2.50. The lowest BCUT2D eigenvalue weighted by Gasteiger charge is -2.57. The standard InChI is InChI=1S/C20H29N3O/c1-21-19(24)18-9-14(3-5-23-18)2-4-22-13-20-10-15-6-16(11-20)8-17(7-15)12-20/h3,5,9,15-17,22H,2,4,6-8,10-13H2,1H3,(H,21,24). The van der Waals surface area contributed by atoms with Crippen LogP contribution in [0.25, 0.3) is 0 Å². The number of hydrogen-bond acceptors (Lipinski definition) is 3. The first kappa shape index (κ1) is 16.1. The van der Waals surface area contributed by atoms with Crippen LogP contribution in [0.15, 0.2) is 18.3 Å². The molecule has 0 atom stereocenters. The summed E-state index contributed by atoms with van der Waals surface area (Å²) >= 11 is 0. The molecule has 24 heavy (non-hydrogen) atoms. The molecule has 4 heteroatoms. The molecule has 0 saturated heterocycles. The molecule has 4 bridgehead atoms. The summed E-state index contributed by atoms with van der Waals surface area (Å²) in [5.74, 6) is 2.95. The first-order valence-corrected chi connectivity index (χ1v) is 9.53. The van der Waals surface area contributed by atoms with E-state index in [1.807, 2.05) is 12.1 Å². The van der Waals surface area contributed by atoms with Crippen LogP contribution < -0.4 is 10.6 Å². The van der Waals surface area contributed by atoms with E-state index >= 15 is 0 Å². The molecule has 130 valence electrons. The Bertz CT molecular complexity index is 577. The number of rotatable bonds is 6. The highest BCUT2D eigenvalue weighted by atomic mass is 16.1. The highest BCUT2D eigenvalue weighted by molar-refractivity contribution is 5.92. The maximum absolute atomic E-state index is 11.7. The van der Waals surface area contributed by atoms with Crippen molar-refractivity contribution in [2.24, 2.45) is 23.2 Å². The van der Waals surface area contributed by atoms with Crippen LogP contribution in [-0.4, -0.2) is 31.0 Å². The number of nitrogens with one attached hydrogen (secondary N) is 2. The van der Waals surface area contributed by atoms with E-state index in [4.69, 9.17) is 0 Å². The molecule has 4 aliphatic rings. The van der Waals surface area contributed by atoms with Gasteiger partial charge in [-0.15, -0.1) is 0 Å². The van der Waals surface area contributed by atoms with E-state index < -0.39 is 0 Å². The summed E-state index contributed by atoms with van der Waals surface area (Å²) in [6, 6.07) is 3.92. The van der Waals surface area contributed by atoms with Crippen LogP contribution >= 0.6 is 0 Å². The van der Waals surface area contributed by atoms with Crippen LogP contribution in [-0.2, 0) is 6.42 Å². The second kappa shape index (κ2) is 6.47. The van der Waals surface area contributed by atoms with Gasteiger partial charge in [-0.2, -0.15) is 0 Å². The Balaban J connectivity index is 1.29. The summed E-state index contributed by atoms with van der Waals surface area (Å²) in [7, 11) is 1.64. The van der Waals surface area contributed by atoms with Gasteiger partial charge in [0.2, 0.25) is 0 Å². The predicted molar refractivity (Wildman–Crippen MR) is 94.8 cm³/mol. The van der Waals surface area contributed by atoms with E-state index in [0.29, 0.717) is 11.1 Å². The SMILES string of the molecule is CNC(=O)c1cc(CCNCC23CC4CC(CC(C4)C2)C3)ccn1. The summed E-state index contributed by atoms with van der Waals surface area (Å²) in [5, 5.41) is 6.37. The van der Waals surface area contributed by atoms with E-state index in [9.17, 15) is 4.79 Å². The molecule has 1 heterocycles. The van der Waals surface area contributed by atoms with Gasteiger partial charge in [-0.25, -0.2) is 0 Å². The molecular weight excluding hydrogens is 298 g/mol. The molecule has 4 aliphatic carbocycles. The Morgan fingerprint density at radius 2 is 1.88 bits per heavy atom. The van der Waals surface area contributed by atoms with Gasteiger partial charge in [-0.1, -0.05) is 0 Å². The molecule has 0 aromatic carbocycles. The van der Waals surface area contributed by atoms with Gasteiger partial charge in [0.25, 0.3) is 5.91 Å². The molecule has 2 N–H and O–H groups in total. The Hall–Kier alpha value is -1.42. The average Bonchev–Trinajstić information content (AvgIpc) is 2.57. The lowest BCUT2D eigenvalue weighted by molar-refractivity contribution is -0.0511. The smallest absolute Gasteiger partial charge is 0.269 e. The fourth-order valence-electron chi connectivity index (χ4n) is 5.97. The van der Waals surface area contributed by atoms with Gasteiger partial charge in [0.1, 0.15) is 5.69 Å². The molecule has 1 aromatic rings. The van der Waals surface area contributed by atoms with Crippen molar-refractivity contribution in [3.8, 4) is 0 Å². The van der Waals surface area contributed by atoms with E-state index in [0.717, 1.165) is 30.7 Å². The molecule has 4 fully saturated rings. The molecule has 0 radical (unpaired) electrons. The van der Waals surface area contributed by atoms with E-state index in [-0.39, 0.29) is 5.91 Å². The normalized spacial score (nSPS) is 33.6. The van der Waals surface area contributed by atoms with Gasteiger partial charge in [0, 0.05) is 19.8 Å². The third kappa shape index (κ3) is 3.21. The van der Waals surface area contributed by atoms with Crippen molar-refractivity contribution in [3.05, 3.63) is 29.6 Å². The summed E-state index contributed by atoms with van der Waals surface area (Å²) < 4.78 is 0. The number of hydrogen-bond donors (Lipinski definition) is 2. The fraction of sp³-hybridized carbons (Fsp3) is 0.700. The predicted octanol–water partition coefficient (Wildman–Crippen LogP) is 2.79. The number of nitrogens with zero attached hydrogens (tertiary/aromatic N) is 1. The van der Waals surface area contributed by atoms with Crippen molar-refractivity contribution >= 4 is 5.91 Å². The number of carbonyl (C=O) groups is 1. The van der Waals surface area contributed by atoms with Gasteiger partial charge in [0.05, 0.1) is 0 Å². The largest absolute Gasteiger partial charge is 0.354 e. The summed E-state index contributed by atoms with van der Waals surface area (Å²) in [4.78, 5) is 15.8. The third-order valence-corrected chi connectivity index (χ3v) is 6.54. The molecule has 4 nitrogen and oxygen atoms in total. The number of aromatic nitrogens is 1. The minimum Gasteiger partial charge on any atom is -0.354 e. The molecule has 1 amide bonds. The van der Waals surface area contributed by atoms with Crippen LogP contribution in [0.5, 0.6) is 0 Å². The Kier molecular flexibility index (Phi) is 4.33. The van der Waals surface area contributed by atoms with Gasteiger partial charge >= 0.3 is 0 Å². The van der Waals surface area contributed by atoms with Crippen molar-refractivity contribution in [1.29, 1.82) is 0 Å². The minimum absolute atomic E-state index is 0.113. The average molecular weight is 327 g/mol. The first-order chi connectivity index (χ1) is 11.7. The summed E-state index contributed by atoms with van der Waals surface area (Å²) in [5.41, 5.74) is 2.29. The number of carbonyl (C=O) groups excluding carboxylic acids is 1. The highest BCUT2D eigenvalue weighted by Crippen LogP contribution is 2.59. The fourth-order valence-corrected chi connectivity index (χ4v) is 5.97. The summed E-state index contributed by atoms with van der Waals surface area (Å²) in [6.45, 7) is 2.17. The topological polar surface area (TPSA) is 54.0 Å². The van der Waals surface area contributed by atoms with Gasteiger partial charge in [-0.3, -0.25) is 9.78 Å². The van der Waals surface area contributed by atoms with Crippen LogP contribution in [0, 0.1) is 23.2 Å².